The Morgan fingerprint density at radius 3 is 2.65 bits per heavy atom. The zero-order chi connectivity index (χ0) is 14.6. The summed E-state index contributed by atoms with van der Waals surface area (Å²) in [5.74, 6) is 0.956. The smallest absolute Gasteiger partial charge is 0.169 e. The molecule has 3 unspecified atom stereocenters. The molecule has 1 saturated heterocycles. The summed E-state index contributed by atoms with van der Waals surface area (Å²) in [6.45, 7) is 8.77. The SMILES string of the molecule is CCNC1CCC2(CC1S(=O)CCC(C)C)OCCO2. The fraction of sp³-hybridized carbons (Fsp3) is 1.00. The van der Waals surface area contributed by atoms with Gasteiger partial charge < -0.3 is 14.8 Å². The molecule has 1 saturated carbocycles. The molecule has 20 heavy (non-hydrogen) atoms. The monoisotopic (exact) mass is 303 g/mol. The Bertz CT molecular complexity index is 329. The minimum atomic E-state index is -0.803. The zero-order valence-electron chi connectivity index (χ0n) is 13.0. The molecule has 0 aromatic heterocycles. The van der Waals surface area contributed by atoms with Gasteiger partial charge in [-0.15, -0.1) is 0 Å². The minimum absolute atomic E-state index is 0.153. The predicted octanol–water partition coefficient (Wildman–Crippen LogP) is 2.05. The van der Waals surface area contributed by atoms with Crippen molar-refractivity contribution < 1.29 is 13.7 Å². The molecule has 0 radical (unpaired) electrons. The predicted molar refractivity (Wildman–Crippen MR) is 82.2 cm³/mol. The van der Waals surface area contributed by atoms with Crippen LogP contribution in [0.25, 0.3) is 0 Å². The van der Waals surface area contributed by atoms with Crippen LogP contribution < -0.4 is 5.32 Å². The second-order valence-corrected chi connectivity index (χ2v) is 8.10. The van der Waals surface area contributed by atoms with Gasteiger partial charge >= 0.3 is 0 Å². The van der Waals surface area contributed by atoms with E-state index in [1.165, 1.54) is 0 Å². The molecule has 3 atom stereocenters. The highest BCUT2D eigenvalue weighted by Gasteiger charge is 2.46. The Hall–Kier alpha value is 0.0300. The highest BCUT2D eigenvalue weighted by Crippen LogP contribution is 2.38. The van der Waals surface area contributed by atoms with Crippen LogP contribution in [-0.4, -0.2) is 46.8 Å². The summed E-state index contributed by atoms with van der Waals surface area (Å²) >= 11 is 0. The van der Waals surface area contributed by atoms with E-state index in [2.05, 4.69) is 26.1 Å². The molecule has 0 aromatic rings. The van der Waals surface area contributed by atoms with E-state index in [9.17, 15) is 4.21 Å². The molecule has 118 valence electrons. The lowest BCUT2D eigenvalue weighted by Crippen LogP contribution is -2.53. The molecule has 4 nitrogen and oxygen atoms in total. The lowest BCUT2D eigenvalue weighted by Gasteiger charge is -2.41. The molecule has 0 amide bonds. The number of hydrogen-bond acceptors (Lipinski definition) is 4. The van der Waals surface area contributed by atoms with Crippen molar-refractivity contribution >= 4 is 10.8 Å². The van der Waals surface area contributed by atoms with Gasteiger partial charge in [-0.25, -0.2) is 0 Å². The third kappa shape index (κ3) is 4.03. The molecular formula is C15H29NO3S. The van der Waals surface area contributed by atoms with Crippen LogP contribution in [-0.2, 0) is 20.3 Å². The molecule has 1 heterocycles. The summed E-state index contributed by atoms with van der Waals surface area (Å²) < 4.78 is 24.3. The molecule has 2 fully saturated rings. The van der Waals surface area contributed by atoms with Crippen molar-refractivity contribution in [3.63, 3.8) is 0 Å². The van der Waals surface area contributed by atoms with Crippen molar-refractivity contribution in [2.24, 2.45) is 5.92 Å². The maximum Gasteiger partial charge on any atom is 0.169 e. The van der Waals surface area contributed by atoms with E-state index < -0.39 is 16.6 Å². The fourth-order valence-corrected chi connectivity index (χ4v) is 5.19. The van der Waals surface area contributed by atoms with Gasteiger partial charge in [0.05, 0.1) is 18.5 Å². The van der Waals surface area contributed by atoms with Crippen LogP contribution >= 0.6 is 0 Å². The van der Waals surface area contributed by atoms with E-state index in [0.29, 0.717) is 25.2 Å². The van der Waals surface area contributed by atoms with E-state index in [1.807, 2.05) is 0 Å². The number of nitrogens with one attached hydrogen (secondary N) is 1. The van der Waals surface area contributed by atoms with E-state index in [0.717, 1.165) is 38.0 Å². The van der Waals surface area contributed by atoms with Gasteiger partial charge in [-0.3, -0.25) is 4.21 Å². The highest BCUT2D eigenvalue weighted by atomic mass is 32.2. The van der Waals surface area contributed by atoms with Gasteiger partial charge in [0, 0.05) is 35.4 Å². The van der Waals surface area contributed by atoms with Crippen LogP contribution in [0.4, 0.5) is 0 Å². The number of rotatable bonds is 6. The Kier molecular flexibility index (Phi) is 6.02. The van der Waals surface area contributed by atoms with Crippen molar-refractivity contribution in [2.45, 2.75) is 63.5 Å². The first kappa shape index (κ1) is 16.4. The van der Waals surface area contributed by atoms with Gasteiger partial charge in [0.1, 0.15) is 0 Å². The first-order valence-electron chi connectivity index (χ1n) is 7.95. The maximum atomic E-state index is 12.7. The Labute approximate surface area is 125 Å². The van der Waals surface area contributed by atoms with Gasteiger partial charge in [-0.1, -0.05) is 20.8 Å². The molecule has 5 heteroatoms. The van der Waals surface area contributed by atoms with Gasteiger partial charge in [-0.05, 0) is 25.3 Å². The summed E-state index contributed by atoms with van der Waals surface area (Å²) in [7, 11) is -0.803. The molecular weight excluding hydrogens is 274 g/mol. The summed E-state index contributed by atoms with van der Waals surface area (Å²) in [5.41, 5.74) is 0. The second kappa shape index (κ2) is 7.34. The largest absolute Gasteiger partial charge is 0.347 e. The summed E-state index contributed by atoms with van der Waals surface area (Å²) in [4.78, 5) is 0. The second-order valence-electron chi connectivity index (χ2n) is 6.32. The van der Waals surface area contributed by atoms with Crippen molar-refractivity contribution in [3.05, 3.63) is 0 Å². The van der Waals surface area contributed by atoms with Gasteiger partial charge in [0.25, 0.3) is 0 Å². The van der Waals surface area contributed by atoms with Gasteiger partial charge in [0.15, 0.2) is 5.79 Å². The summed E-state index contributed by atoms with van der Waals surface area (Å²) in [6.07, 6.45) is 3.71. The Morgan fingerprint density at radius 2 is 2.05 bits per heavy atom. The van der Waals surface area contributed by atoms with E-state index in [4.69, 9.17) is 9.47 Å². The first-order chi connectivity index (χ1) is 9.56. The van der Waals surface area contributed by atoms with E-state index >= 15 is 0 Å². The summed E-state index contributed by atoms with van der Waals surface area (Å²) in [6, 6.07) is 0.339. The average Bonchev–Trinajstić information content (AvgIpc) is 2.87. The van der Waals surface area contributed by atoms with Crippen LogP contribution in [0, 0.1) is 5.92 Å². The van der Waals surface area contributed by atoms with Crippen molar-refractivity contribution in [1.82, 2.24) is 5.32 Å². The maximum absolute atomic E-state index is 12.7. The van der Waals surface area contributed by atoms with Crippen molar-refractivity contribution in [2.75, 3.05) is 25.5 Å². The Morgan fingerprint density at radius 1 is 1.35 bits per heavy atom. The number of hydrogen-bond donors (Lipinski definition) is 1. The lowest BCUT2D eigenvalue weighted by molar-refractivity contribution is -0.178. The topological polar surface area (TPSA) is 47.6 Å². The molecule has 1 aliphatic carbocycles. The molecule has 0 bridgehead atoms. The quantitative estimate of drug-likeness (QED) is 0.816. The molecule has 1 spiro atoms. The van der Waals surface area contributed by atoms with Crippen LogP contribution in [0.3, 0.4) is 0 Å². The zero-order valence-corrected chi connectivity index (χ0v) is 13.8. The number of ether oxygens (including phenoxy) is 2. The van der Waals surface area contributed by atoms with Gasteiger partial charge in [0.2, 0.25) is 0 Å². The van der Waals surface area contributed by atoms with E-state index in [1.54, 1.807) is 0 Å². The van der Waals surface area contributed by atoms with Crippen LogP contribution in [0.2, 0.25) is 0 Å². The standard InChI is InChI=1S/C15H29NO3S/c1-4-16-13-5-7-15(18-8-9-19-15)11-14(13)20(17)10-6-12(2)3/h12-14,16H,4-11H2,1-3H3. The first-order valence-corrected chi connectivity index (χ1v) is 9.33. The Balaban J connectivity index is 2.00. The average molecular weight is 303 g/mol. The lowest BCUT2D eigenvalue weighted by atomic mass is 9.89. The van der Waals surface area contributed by atoms with Crippen LogP contribution in [0.5, 0.6) is 0 Å². The van der Waals surface area contributed by atoms with Gasteiger partial charge in [-0.2, -0.15) is 0 Å². The highest BCUT2D eigenvalue weighted by molar-refractivity contribution is 7.85. The molecule has 0 aromatic carbocycles. The molecule has 2 rings (SSSR count). The van der Waals surface area contributed by atoms with Crippen molar-refractivity contribution in [1.29, 1.82) is 0 Å². The summed E-state index contributed by atoms with van der Waals surface area (Å²) in [5, 5.41) is 3.66. The third-order valence-electron chi connectivity index (χ3n) is 4.31. The minimum Gasteiger partial charge on any atom is -0.347 e. The van der Waals surface area contributed by atoms with Crippen LogP contribution in [0.1, 0.15) is 46.5 Å². The third-order valence-corrected chi connectivity index (χ3v) is 6.12. The normalized spacial score (nSPS) is 31.0. The van der Waals surface area contributed by atoms with Crippen molar-refractivity contribution in [3.8, 4) is 0 Å². The fourth-order valence-electron chi connectivity index (χ4n) is 3.15. The van der Waals surface area contributed by atoms with Crippen LogP contribution in [0.15, 0.2) is 0 Å². The van der Waals surface area contributed by atoms with E-state index in [-0.39, 0.29) is 5.25 Å². The molecule has 2 aliphatic rings. The molecule has 1 N–H and O–H groups in total. The molecule has 1 aliphatic heterocycles.